The maximum Gasteiger partial charge on any atom is 0.111 e. The predicted octanol–water partition coefficient (Wildman–Crippen LogP) is 2.48. The molecule has 0 aromatic heterocycles. The van der Waals surface area contributed by atoms with Crippen LogP contribution in [0.2, 0.25) is 0 Å². The third-order valence-corrected chi connectivity index (χ3v) is 0.979. The molecule has 0 atom stereocenters. The second-order valence-corrected chi connectivity index (χ2v) is 1.55. The summed E-state index contributed by atoms with van der Waals surface area (Å²) < 4.78 is 11.7. The molecule has 0 unspecified atom stereocenters. The Morgan fingerprint density at radius 1 is 1.75 bits per heavy atom. The number of rotatable bonds is 3. The lowest BCUT2D eigenvalue weighted by Gasteiger charge is -1.91. The first kappa shape index (κ1) is 7.41. The van der Waals surface area contributed by atoms with Gasteiger partial charge in [0.05, 0.1) is 0 Å². The van der Waals surface area contributed by atoms with Crippen LogP contribution >= 0.6 is 0 Å². The van der Waals surface area contributed by atoms with Crippen LogP contribution in [-0.4, -0.2) is 6.67 Å². The van der Waals surface area contributed by atoms with Gasteiger partial charge in [-0.25, -0.2) is 4.39 Å². The standard InChI is InChI=1S/C7H11F/c1-3-5-7(4-2)6-8/h3,5H,1,4,6H2,2H3/b7-5+. The average Bonchev–Trinajstić information content (AvgIpc) is 1.83. The fourth-order valence-electron chi connectivity index (χ4n) is 0.424. The van der Waals surface area contributed by atoms with Gasteiger partial charge in [-0.3, -0.25) is 0 Å². The van der Waals surface area contributed by atoms with E-state index in [-0.39, 0.29) is 6.67 Å². The first-order valence-corrected chi connectivity index (χ1v) is 2.71. The van der Waals surface area contributed by atoms with Crippen LogP contribution in [0.15, 0.2) is 24.3 Å². The summed E-state index contributed by atoms with van der Waals surface area (Å²) in [6.07, 6.45) is 4.10. The van der Waals surface area contributed by atoms with Crippen molar-refractivity contribution in [3.63, 3.8) is 0 Å². The SMILES string of the molecule is C=C/C=C(\CC)CF. The first-order valence-electron chi connectivity index (χ1n) is 2.71. The van der Waals surface area contributed by atoms with Gasteiger partial charge in [0.1, 0.15) is 6.67 Å². The quantitative estimate of drug-likeness (QED) is 0.494. The predicted molar refractivity (Wildman–Crippen MR) is 34.5 cm³/mol. The molecular weight excluding hydrogens is 103 g/mol. The van der Waals surface area contributed by atoms with Crippen molar-refractivity contribution in [3.05, 3.63) is 24.3 Å². The third kappa shape index (κ3) is 2.56. The van der Waals surface area contributed by atoms with E-state index in [0.717, 1.165) is 12.0 Å². The molecule has 0 radical (unpaired) electrons. The highest BCUT2D eigenvalue weighted by atomic mass is 19.1. The summed E-state index contributed by atoms with van der Waals surface area (Å²) in [5, 5.41) is 0. The molecule has 0 aliphatic carbocycles. The molecule has 0 aromatic carbocycles. The molecule has 1 heteroatoms. The van der Waals surface area contributed by atoms with Gasteiger partial charge in [0, 0.05) is 0 Å². The van der Waals surface area contributed by atoms with E-state index in [0.29, 0.717) is 0 Å². The first-order chi connectivity index (χ1) is 3.85. The Morgan fingerprint density at radius 3 is 2.50 bits per heavy atom. The van der Waals surface area contributed by atoms with Crippen LogP contribution in [-0.2, 0) is 0 Å². The summed E-state index contributed by atoms with van der Waals surface area (Å²) in [4.78, 5) is 0. The third-order valence-electron chi connectivity index (χ3n) is 0.979. The fourth-order valence-corrected chi connectivity index (χ4v) is 0.424. The molecule has 0 aromatic rings. The molecule has 0 nitrogen and oxygen atoms in total. The zero-order valence-corrected chi connectivity index (χ0v) is 5.15. The summed E-state index contributed by atoms with van der Waals surface area (Å²) in [7, 11) is 0. The van der Waals surface area contributed by atoms with Crippen molar-refractivity contribution >= 4 is 0 Å². The zero-order chi connectivity index (χ0) is 6.41. The monoisotopic (exact) mass is 114 g/mol. The molecule has 0 fully saturated rings. The van der Waals surface area contributed by atoms with Gasteiger partial charge in [-0.15, -0.1) is 0 Å². The lowest BCUT2D eigenvalue weighted by atomic mass is 10.2. The van der Waals surface area contributed by atoms with Crippen LogP contribution in [0.25, 0.3) is 0 Å². The normalized spacial score (nSPS) is 11.5. The van der Waals surface area contributed by atoms with Gasteiger partial charge < -0.3 is 0 Å². The maximum atomic E-state index is 11.7. The van der Waals surface area contributed by atoms with Crippen LogP contribution in [0.3, 0.4) is 0 Å². The van der Waals surface area contributed by atoms with Gasteiger partial charge in [0.15, 0.2) is 0 Å². The Labute approximate surface area is 49.7 Å². The van der Waals surface area contributed by atoms with Crippen molar-refractivity contribution in [3.8, 4) is 0 Å². The Bertz CT molecular complexity index is 86.6. The van der Waals surface area contributed by atoms with E-state index in [1.165, 1.54) is 0 Å². The molecule has 0 heterocycles. The highest BCUT2D eigenvalue weighted by molar-refractivity contribution is 5.09. The highest BCUT2D eigenvalue weighted by Gasteiger charge is 1.86. The number of alkyl halides is 1. The molecular formula is C7H11F. The van der Waals surface area contributed by atoms with E-state index < -0.39 is 0 Å². The molecule has 0 saturated heterocycles. The van der Waals surface area contributed by atoms with Gasteiger partial charge in [-0.05, 0) is 12.0 Å². The van der Waals surface area contributed by atoms with Crippen molar-refractivity contribution in [1.82, 2.24) is 0 Å². The maximum absolute atomic E-state index is 11.7. The summed E-state index contributed by atoms with van der Waals surface area (Å²) in [5.41, 5.74) is 0.806. The molecule has 0 aliphatic rings. The molecule has 0 aliphatic heterocycles. The smallest absolute Gasteiger partial charge is 0.111 e. The topological polar surface area (TPSA) is 0 Å². The Morgan fingerprint density at radius 2 is 2.38 bits per heavy atom. The van der Waals surface area contributed by atoms with Gasteiger partial charge in [0.2, 0.25) is 0 Å². The molecule has 46 valence electrons. The fraction of sp³-hybridized carbons (Fsp3) is 0.429. The van der Waals surface area contributed by atoms with Gasteiger partial charge in [0.25, 0.3) is 0 Å². The van der Waals surface area contributed by atoms with E-state index >= 15 is 0 Å². The second kappa shape index (κ2) is 4.57. The molecule has 8 heavy (non-hydrogen) atoms. The average molecular weight is 114 g/mol. The van der Waals surface area contributed by atoms with Gasteiger partial charge in [-0.2, -0.15) is 0 Å². The van der Waals surface area contributed by atoms with E-state index in [1.807, 2.05) is 6.92 Å². The molecule has 0 bridgehead atoms. The summed E-state index contributed by atoms with van der Waals surface area (Å²) in [6, 6.07) is 0. The highest BCUT2D eigenvalue weighted by Crippen LogP contribution is 1.99. The number of halogens is 1. The minimum atomic E-state index is -0.345. The van der Waals surface area contributed by atoms with Crippen LogP contribution in [0.4, 0.5) is 4.39 Å². The molecule has 0 N–H and O–H groups in total. The Kier molecular flexibility index (Phi) is 4.23. The van der Waals surface area contributed by atoms with Crippen molar-refractivity contribution < 1.29 is 4.39 Å². The zero-order valence-electron chi connectivity index (χ0n) is 5.15. The molecule has 0 spiro atoms. The molecule has 0 saturated carbocycles. The van der Waals surface area contributed by atoms with Crippen molar-refractivity contribution in [1.29, 1.82) is 0 Å². The van der Waals surface area contributed by atoms with Crippen molar-refractivity contribution in [2.75, 3.05) is 6.67 Å². The molecule has 0 rings (SSSR count). The van der Waals surface area contributed by atoms with Gasteiger partial charge in [-0.1, -0.05) is 25.7 Å². The summed E-state index contributed by atoms with van der Waals surface area (Å²) in [6.45, 7) is 5.03. The van der Waals surface area contributed by atoms with E-state index in [9.17, 15) is 4.39 Å². The minimum absolute atomic E-state index is 0.345. The Balaban J connectivity index is 3.66. The lowest BCUT2D eigenvalue weighted by molar-refractivity contribution is 0.535. The Hall–Kier alpha value is -0.590. The second-order valence-electron chi connectivity index (χ2n) is 1.55. The number of hydrogen-bond donors (Lipinski definition) is 0. The number of hydrogen-bond acceptors (Lipinski definition) is 0. The van der Waals surface area contributed by atoms with Crippen LogP contribution < -0.4 is 0 Å². The van der Waals surface area contributed by atoms with Crippen molar-refractivity contribution in [2.24, 2.45) is 0 Å². The number of allylic oxidation sites excluding steroid dienone is 3. The van der Waals surface area contributed by atoms with Crippen LogP contribution in [0, 0.1) is 0 Å². The van der Waals surface area contributed by atoms with Crippen LogP contribution in [0.5, 0.6) is 0 Å². The van der Waals surface area contributed by atoms with Crippen LogP contribution in [0.1, 0.15) is 13.3 Å². The van der Waals surface area contributed by atoms with Crippen molar-refractivity contribution in [2.45, 2.75) is 13.3 Å². The largest absolute Gasteiger partial charge is 0.246 e. The van der Waals surface area contributed by atoms with E-state index in [1.54, 1.807) is 12.2 Å². The van der Waals surface area contributed by atoms with E-state index in [4.69, 9.17) is 0 Å². The lowest BCUT2D eigenvalue weighted by Crippen LogP contribution is -1.79. The van der Waals surface area contributed by atoms with Gasteiger partial charge >= 0.3 is 0 Å². The summed E-state index contributed by atoms with van der Waals surface area (Å²) >= 11 is 0. The summed E-state index contributed by atoms with van der Waals surface area (Å²) in [5.74, 6) is 0. The van der Waals surface area contributed by atoms with E-state index in [2.05, 4.69) is 6.58 Å². The minimum Gasteiger partial charge on any atom is -0.246 e. The molecule has 0 amide bonds.